The number of ether oxygens (including phenoxy) is 2. The van der Waals surface area contributed by atoms with Crippen LogP contribution in [0.3, 0.4) is 0 Å². The van der Waals surface area contributed by atoms with E-state index in [1.807, 2.05) is 6.08 Å². The minimum Gasteiger partial charge on any atom is -0.394 e. The Morgan fingerprint density at radius 1 is 0.359 bits per heavy atom. The van der Waals surface area contributed by atoms with E-state index in [9.17, 15) is 30.3 Å². The van der Waals surface area contributed by atoms with Gasteiger partial charge in [0.1, 0.15) is 24.4 Å². The molecule has 1 amide bonds. The van der Waals surface area contributed by atoms with Gasteiger partial charge in [-0.25, -0.2) is 0 Å². The molecule has 0 aliphatic carbocycles. The van der Waals surface area contributed by atoms with E-state index in [4.69, 9.17) is 9.47 Å². The van der Waals surface area contributed by atoms with Crippen molar-refractivity contribution in [2.24, 2.45) is 0 Å². The van der Waals surface area contributed by atoms with E-state index in [-0.39, 0.29) is 12.5 Å². The van der Waals surface area contributed by atoms with Crippen LogP contribution in [-0.4, -0.2) is 87.5 Å². The lowest BCUT2D eigenvalue weighted by molar-refractivity contribution is -0.302. The third kappa shape index (κ3) is 59.7. The molecular weight excluding hydrogens is 1140 g/mol. The Kier molecular flexibility index (Phi) is 69.4. The minimum atomic E-state index is -1.57. The van der Waals surface area contributed by atoms with E-state index < -0.39 is 49.5 Å². The summed E-state index contributed by atoms with van der Waals surface area (Å²) in [5, 5.41) is 54.9. The molecule has 1 rings (SSSR count). The van der Waals surface area contributed by atoms with E-state index >= 15 is 0 Å². The molecule has 1 heterocycles. The van der Waals surface area contributed by atoms with Crippen LogP contribution in [0.1, 0.15) is 431 Å². The molecule has 1 aliphatic rings. The van der Waals surface area contributed by atoms with Crippen LogP contribution in [0, 0.1) is 0 Å². The standard InChI is InChI=1S/C83H159NO8/c1-3-5-7-9-11-13-15-17-19-21-23-25-27-29-31-33-34-35-36-37-38-39-40-41-42-43-44-45-47-49-51-53-55-57-59-61-63-65-67-69-71-73-79(87)84-76(75-91-83-82(90)81(89)80(88)78(74-85)92-83)77(86)72-70-68-66-64-62-60-58-56-54-52-50-48-46-32-30-28-26-24-22-20-18-16-14-12-10-8-6-4-2/h21,23,62,64,70,72,76-78,80-83,85-86,88-90H,3-20,22,24-61,63,65-69,71,73-75H2,1-2H3,(H,84,87)/b23-21-,64-62+,72-70+. The third-order valence-electron chi connectivity index (χ3n) is 19.9. The highest BCUT2D eigenvalue weighted by atomic mass is 16.7. The second-order valence-electron chi connectivity index (χ2n) is 28.9. The molecule has 9 nitrogen and oxygen atoms in total. The molecular formula is C83H159NO8. The predicted molar refractivity (Wildman–Crippen MR) is 397 cm³/mol. The Hall–Kier alpha value is -1.59. The fourth-order valence-corrected chi connectivity index (χ4v) is 13.5. The summed E-state index contributed by atoms with van der Waals surface area (Å²) in [5.41, 5.74) is 0. The maximum atomic E-state index is 13.2. The first-order valence-corrected chi connectivity index (χ1v) is 41.2. The van der Waals surface area contributed by atoms with Crippen LogP contribution >= 0.6 is 0 Å². The summed E-state index contributed by atoms with van der Waals surface area (Å²) in [7, 11) is 0. The highest BCUT2D eigenvalue weighted by Crippen LogP contribution is 2.24. The van der Waals surface area contributed by atoms with Gasteiger partial charge in [0.2, 0.25) is 5.91 Å². The van der Waals surface area contributed by atoms with Gasteiger partial charge in [0, 0.05) is 6.42 Å². The van der Waals surface area contributed by atoms with Gasteiger partial charge in [-0.3, -0.25) is 4.79 Å². The highest BCUT2D eigenvalue weighted by Gasteiger charge is 2.44. The molecule has 0 saturated carbocycles. The van der Waals surface area contributed by atoms with Gasteiger partial charge < -0.3 is 40.3 Å². The zero-order valence-electron chi connectivity index (χ0n) is 61.3. The SMILES string of the molecule is CCCCCCCCCC/C=C\CCCCCCCCCCCCCCCCCCCCCCCCCCCCCCCC(=O)NC(COC1OC(CO)C(O)C(O)C1O)C(O)/C=C/CC/C=C/CCCCCCCCCCCCCCCCCCCCCCCC. The lowest BCUT2D eigenvalue weighted by Gasteiger charge is -2.40. The second-order valence-corrected chi connectivity index (χ2v) is 28.9. The van der Waals surface area contributed by atoms with Gasteiger partial charge in [-0.2, -0.15) is 0 Å². The second kappa shape index (κ2) is 72.2. The first kappa shape index (κ1) is 88.4. The molecule has 0 aromatic carbocycles. The van der Waals surface area contributed by atoms with Crippen LogP contribution in [0.15, 0.2) is 36.5 Å². The summed E-state index contributed by atoms with van der Waals surface area (Å²) in [6.45, 7) is 3.83. The fraction of sp³-hybridized carbons (Fsp3) is 0.916. The van der Waals surface area contributed by atoms with Crippen LogP contribution in [0.2, 0.25) is 0 Å². The minimum absolute atomic E-state index is 0.177. The number of unbranched alkanes of at least 4 members (excludes halogenated alkanes) is 60. The zero-order chi connectivity index (χ0) is 66.4. The molecule has 7 unspecified atom stereocenters. The highest BCUT2D eigenvalue weighted by molar-refractivity contribution is 5.76. The van der Waals surface area contributed by atoms with E-state index in [0.29, 0.717) is 6.42 Å². The van der Waals surface area contributed by atoms with Gasteiger partial charge in [-0.1, -0.05) is 403 Å². The quantitative estimate of drug-likeness (QED) is 0.0261. The Labute approximate surface area is 571 Å². The molecule has 1 saturated heterocycles. The number of amides is 1. The Morgan fingerprint density at radius 3 is 0.913 bits per heavy atom. The predicted octanol–water partition coefficient (Wildman–Crippen LogP) is 23.7. The van der Waals surface area contributed by atoms with Crippen LogP contribution in [0.4, 0.5) is 0 Å². The topological polar surface area (TPSA) is 149 Å². The number of aliphatic hydroxyl groups is 5. The maximum absolute atomic E-state index is 13.2. The van der Waals surface area contributed by atoms with Crippen LogP contribution in [0.25, 0.3) is 0 Å². The summed E-state index contributed by atoms with van der Waals surface area (Å²) >= 11 is 0. The van der Waals surface area contributed by atoms with Crippen molar-refractivity contribution in [1.82, 2.24) is 5.32 Å². The van der Waals surface area contributed by atoms with E-state index in [1.165, 1.54) is 372 Å². The first-order valence-electron chi connectivity index (χ1n) is 41.2. The zero-order valence-corrected chi connectivity index (χ0v) is 61.3. The average molecular weight is 1300 g/mol. The van der Waals surface area contributed by atoms with E-state index in [1.54, 1.807) is 6.08 Å². The molecule has 9 heteroatoms. The molecule has 1 aliphatic heterocycles. The lowest BCUT2D eigenvalue weighted by atomic mass is 9.99. The summed E-state index contributed by atoms with van der Waals surface area (Å²) in [5.74, 6) is -0.177. The molecule has 544 valence electrons. The molecule has 92 heavy (non-hydrogen) atoms. The smallest absolute Gasteiger partial charge is 0.220 e. The normalized spacial score (nSPS) is 17.8. The third-order valence-corrected chi connectivity index (χ3v) is 19.9. The number of carbonyl (C=O) groups excluding carboxylic acids is 1. The van der Waals surface area contributed by atoms with Gasteiger partial charge in [-0.15, -0.1) is 0 Å². The summed E-state index contributed by atoms with van der Waals surface area (Å²) in [6, 6.07) is -0.822. The number of hydrogen-bond donors (Lipinski definition) is 6. The Bertz CT molecular complexity index is 1550. The molecule has 0 radical (unpaired) electrons. The Balaban J connectivity index is 2.04. The van der Waals surface area contributed by atoms with Crippen molar-refractivity contribution in [3.63, 3.8) is 0 Å². The largest absolute Gasteiger partial charge is 0.394 e. The van der Waals surface area contributed by atoms with Gasteiger partial charge in [0.15, 0.2) is 6.29 Å². The number of nitrogens with one attached hydrogen (secondary N) is 1. The number of allylic oxidation sites excluding steroid dienone is 5. The van der Waals surface area contributed by atoms with Crippen molar-refractivity contribution in [2.45, 2.75) is 474 Å². The van der Waals surface area contributed by atoms with Gasteiger partial charge in [0.25, 0.3) is 0 Å². The lowest BCUT2D eigenvalue weighted by Crippen LogP contribution is -2.60. The number of aliphatic hydroxyl groups excluding tert-OH is 5. The molecule has 6 N–H and O–H groups in total. The summed E-state index contributed by atoms with van der Waals surface area (Å²) < 4.78 is 11.3. The van der Waals surface area contributed by atoms with E-state index in [0.717, 1.165) is 38.5 Å². The molecule has 0 spiro atoms. The molecule has 0 aromatic heterocycles. The molecule has 0 bridgehead atoms. The van der Waals surface area contributed by atoms with Gasteiger partial charge in [-0.05, 0) is 57.8 Å². The average Bonchev–Trinajstić information content (AvgIpc) is 1.00. The van der Waals surface area contributed by atoms with Crippen molar-refractivity contribution in [2.75, 3.05) is 13.2 Å². The van der Waals surface area contributed by atoms with Gasteiger partial charge in [0.05, 0.1) is 25.4 Å². The number of carbonyl (C=O) groups is 1. The summed E-state index contributed by atoms with van der Waals surface area (Å²) in [4.78, 5) is 13.2. The maximum Gasteiger partial charge on any atom is 0.220 e. The first-order chi connectivity index (χ1) is 45.3. The van der Waals surface area contributed by atoms with Crippen molar-refractivity contribution in [3.05, 3.63) is 36.5 Å². The van der Waals surface area contributed by atoms with Crippen molar-refractivity contribution >= 4 is 5.91 Å². The van der Waals surface area contributed by atoms with E-state index in [2.05, 4.69) is 43.5 Å². The number of hydrogen-bond acceptors (Lipinski definition) is 8. The van der Waals surface area contributed by atoms with Crippen LogP contribution in [0.5, 0.6) is 0 Å². The monoisotopic (exact) mass is 1300 g/mol. The van der Waals surface area contributed by atoms with Crippen molar-refractivity contribution < 1.29 is 39.8 Å². The summed E-state index contributed by atoms with van der Waals surface area (Å²) in [6.07, 6.45) is 91.8. The van der Waals surface area contributed by atoms with Gasteiger partial charge >= 0.3 is 0 Å². The fourth-order valence-electron chi connectivity index (χ4n) is 13.5. The van der Waals surface area contributed by atoms with Crippen LogP contribution in [-0.2, 0) is 14.3 Å². The Morgan fingerprint density at radius 2 is 0.620 bits per heavy atom. The van der Waals surface area contributed by atoms with Crippen molar-refractivity contribution in [1.29, 1.82) is 0 Å². The van der Waals surface area contributed by atoms with Crippen LogP contribution < -0.4 is 5.32 Å². The molecule has 1 fully saturated rings. The molecule has 0 aromatic rings. The molecule has 7 atom stereocenters. The number of rotatable bonds is 74. The van der Waals surface area contributed by atoms with Crippen molar-refractivity contribution in [3.8, 4) is 0 Å².